The molecule has 2 aliphatic rings. The minimum Gasteiger partial charge on any atom is -0.466 e. The fraction of sp³-hybridized carbons (Fsp3) is 0.391. The van der Waals surface area contributed by atoms with Crippen molar-refractivity contribution in [2.24, 2.45) is 0 Å². The van der Waals surface area contributed by atoms with E-state index in [9.17, 15) is 19.2 Å². The quantitative estimate of drug-likeness (QED) is 0.524. The Bertz CT molecular complexity index is 1070. The van der Waals surface area contributed by atoms with Crippen molar-refractivity contribution in [2.75, 3.05) is 19.5 Å². The number of nitrogens with zero attached hydrogens (tertiary/aromatic N) is 1. The molecule has 1 aromatic rings. The Balaban J connectivity index is 2.34. The van der Waals surface area contributed by atoms with E-state index in [0.29, 0.717) is 11.3 Å². The van der Waals surface area contributed by atoms with E-state index in [2.05, 4.69) is 10.7 Å². The Morgan fingerprint density at radius 2 is 1.48 bits per heavy atom. The smallest absolute Gasteiger partial charge is 0.426 e. The van der Waals surface area contributed by atoms with Gasteiger partial charge in [0.2, 0.25) is 5.91 Å². The van der Waals surface area contributed by atoms with Gasteiger partial charge in [0, 0.05) is 22.6 Å². The van der Waals surface area contributed by atoms with Gasteiger partial charge in [0.15, 0.2) is 0 Å². The second-order valence-electron chi connectivity index (χ2n) is 8.60. The fourth-order valence-corrected chi connectivity index (χ4v) is 4.26. The number of fused-ring (bicyclic) bond motifs is 2. The molecule has 0 unspecified atom stereocenters. The maximum absolute atomic E-state index is 13.6. The van der Waals surface area contributed by atoms with Gasteiger partial charge >= 0.3 is 18.0 Å². The minimum absolute atomic E-state index is 0.130. The van der Waals surface area contributed by atoms with Gasteiger partial charge in [-0.15, -0.1) is 0 Å². The first-order chi connectivity index (χ1) is 15.4. The molecule has 10 nitrogen and oxygen atoms in total. The average Bonchev–Trinajstić information content (AvgIpc) is 3.01. The number of amides is 2. The summed E-state index contributed by atoms with van der Waals surface area (Å²) in [6.45, 7) is 8.17. The van der Waals surface area contributed by atoms with Gasteiger partial charge < -0.3 is 19.5 Å². The third-order valence-corrected chi connectivity index (χ3v) is 5.45. The Kier molecular flexibility index (Phi) is 5.97. The zero-order valence-corrected chi connectivity index (χ0v) is 19.6. The topological polar surface area (TPSA) is 123 Å². The van der Waals surface area contributed by atoms with E-state index in [1.165, 1.54) is 33.1 Å². The van der Waals surface area contributed by atoms with Crippen molar-refractivity contribution < 1.29 is 33.4 Å². The highest BCUT2D eigenvalue weighted by atomic mass is 16.6. The number of benzene rings is 1. The molecule has 1 spiro atoms. The number of hydrazine groups is 1. The molecule has 0 saturated carbocycles. The van der Waals surface area contributed by atoms with Gasteiger partial charge in [-0.05, 0) is 40.7 Å². The van der Waals surface area contributed by atoms with Crippen LogP contribution in [-0.4, -0.2) is 48.8 Å². The van der Waals surface area contributed by atoms with E-state index < -0.39 is 35.0 Å². The molecule has 33 heavy (non-hydrogen) atoms. The molecule has 0 aromatic heterocycles. The molecule has 0 atom stereocenters. The van der Waals surface area contributed by atoms with E-state index >= 15 is 0 Å². The van der Waals surface area contributed by atoms with Crippen molar-refractivity contribution in [3.8, 4) is 0 Å². The number of carbonyl (C=O) groups excluding carboxylic acids is 4. The number of rotatable bonds is 3. The second kappa shape index (κ2) is 8.27. The zero-order chi connectivity index (χ0) is 24.7. The van der Waals surface area contributed by atoms with Gasteiger partial charge in [-0.25, -0.2) is 19.8 Å². The van der Waals surface area contributed by atoms with E-state index in [4.69, 9.17) is 14.2 Å². The van der Waals surface area contributed by atoms with Gasteiger partial charge in [-0.1, -0.05) is 18.2 Å². The predicted molar refractivity (Wildman–Crippen MR) is 117 cm³/mol. The van der Waals surface area contributed by atoms with Crippen LogP contribution in [0.15, 0.2) is 46.8 Å². The maximum atomic E-state index is 13.6. The Labute approximate surface area is 191 Å². The van der Waals surface area contributed by atoms with Gasteiger partial charge in [0.25, 0.3) is 0 Å². The van der Waals surface area contributed by atoms with Crippen molar-refractivity contribution in [1.82, 2.24) is 10.4 Å². The number of hydrogen-bond acceptors (Lipinski definition) is 8. The van der Waals surface area contributed by atoms with Crippen molar-refractivity contribution in [3.63, 3.8) is 0 Å². The lowest BCUT2D eigenvalue weighted by molar-refractivity contribution is -0.140. The number of para-hydroxylation sites is 1. The highest BCUT2D eigenvalue weighted by Gasteiger charge is 2.61. The number of allylic oxidation sites excluding steroid dienone is 2. The van der Waals surface area contributed by atoms with Crippen LogP contribution < -0.4 is 10.7 Å². The molecule has 0 aliphatic carbocycles. The summed E-state index contributed by atoms with van der Waals surface area (Å²) in [5, 5.41) is 3.98. The van der Waals surface area contributed by atoms with Gasteiger partial charge in [-0.3, -0.25) is 9.80 Å². The number of nitrogens with one attached hydrogen (secondary N) is 2. The molecule has 176 valence electrons. The summed E-state index contributed by atoms with van der Waals surface area (Å²) in [6.07, 6.45) is -0.818. The van der Waals surface area contributed by atoms with E-state index in [0.717, 1.165) is 0 Å². The SMILES string of the molecule is COC(=O)C1=C(C)N(NC(=O)OC(C)(C)C)C(C)=C(C(=O)OC)C12C(=O)Nc1ccccc12. The summed E-state index contributed by atoms with van der Waals surface area (Å²) in [6, 6.07) is 6.74. The lowest BCUT2D eigenvalue weighted by Gasteiger charge is -2.41. The molecule has 3 rings (SSSR count). The molecule has 2 amide bonds. The summed E-state index contributed by atoms with van der Waals surface area (Å²) in [5.41, 5.74) is 0.865. The summed E-state index contributed by atoms with van der Waals surface area (Å²) in [4.78, 5) is 52.3. The van der Waals surface area contributed by atoms with Gasteiger partial charge in [0.1, 0.15) is 11.0 Å². The van der Waals surface area contributed by atoms with E-state index in [-0.39, 0.29) is 22.5 Å². The zero-order valence-electron chi connectivity index (χ0n) is 19.6. The Morgan fingerprint density at radius 3 is 1.97 bits per heavy atom. The largest absolute Gasteiger partial charge is 0.466 e. The molecule has 0 radical (unpaired) electrons. The number of anilines is 1. The van der Waals surface area contributed by atoms with Crippen LogP contribution in [0.1, 0.15) is 40.2 Å². The van der Waals surface area contributed by atoms with Crippen LogP contribution >= 0.6 is 0 Å². The third-order valence-electron chi connectivity index (χ3n) is 5.45. The van der Waals surface area contributed by atoms with Crippen LogP contribution in [0.5, 0.6) is 0 Å². The first kappa shape index (κ1) is 23.8. The van der Waals surface area contributed by atoms with Gasteiger partial charge in [-0.2, -0.15) is 0 Å². The van der Waals surface area contributed by atoms with Crippen LogP contribution in [0.25, 0.3) is 0 Å². The number of esters is 2. The second-order valence-corrected chi connectivity index (χ2v) is 8.60. The summed E-state index contributed by atoms with van der Waals surface area (Å²) < 4.78 is 15.4. The van der Waals surface area contributed by atoms with E-state index in [1.54, 1.807) is 45.0 Å². The molecule has 10 heteroatoms. The molecular formula is C23H27N3O7. The van der Waals surface area contributed by atoms with Crippen LogP contribution in [-0.2, 0) is 34.0 Å². The monoisotopic (exact) mass is 457 g/mol. The third kappa shape index (κ3) is 3.71. The summed E-state index contributed by atoms with van der Waals surface area (Å²) in [5.74, 6) is -2.30. The lowest BCUT2D eigenvalue weighted by Crippen LogP contribution is -2.53. The molecule has 0 bridgehead atoms. The first-order valence-corrected chi connectivity index (χ1v) is 10.2. The van der Waals surface area contributed by atoms with Crippen LogP contribution in [0.4, 0.5) is 10.5 Å². The maximum Gasteiger partial charge on any atom is 0.426 e. The Hall–Kier alpha value is -3.82. The van der Waals surface area contributed by atoms with Crippen LogP contribution in [0.2, 0.25) is 0 Å². The number of hydrogen-bond donors (Lipinski definition) is 2. The first-order valence-electron chi connectivity index (χ1n) is 10.2. The van der Waals surface area contributed by atoms with Crippen molar-refractivity contribution >= 4 is 29.6 Å². The molecule has 2 heterocycles. The average molecular weight is 457 g/mol. The predicted octanol–water partition coefficient (Wildman–Crippen LogP) is 2.53. The van der Waals surface area contributed by atoms with E-state index in [1.807, 2.05) is 0 Å². The minimum atomic E-state index is -1.84. The summed E-state index contributed by atoms with van der Waals surface area (Å²) in [7, 11) is 2.34. The highest BCUT2D eigenvalue weighted by molar-refractivity contribution is 6.21. The molecule has 0 fully saturated rings. The Morgan fingerprint density at radius 1 is 0.970 bits per heavy atom. The molecule has 1 aromatic carbocycles. The number of methoxy groups -OCH3 is 2. The number of carbonyl (C=O) groups is 4. The normalized spacial score (nSPS) is 16.9. The van der Waals surface area contributed by atoms with Crippen LogP contribution in [0, 0.1) is 0 Å². The molecular weight excluding hydrogens is 430 g/mol. The van der Waals surface area contributed by atoms with Crippen LogP contribution in [0.3, 0.4) is 0 Å². The van der Waals surface area contributed by atoms with Crippen molar-refractivity contribution in [2.45, 2.75) is 45.6 Å². The van der Waals surface area contributed by atoms with Crippen molar-refractivity contribution in [1.29, 1.82) is 0 Å². The van der Waals surface area contributed by atoms with Gasteiger partial charge in [0.05, 0.1) is 25.4 Å². The number of ether oxygens (including phenoxy) is 3. The van der Waals surface area contributed by atoms with Crippen molar-refractivity contribution in [3.05, 3.63) is 52.4 Å². The standard InChI is InChI=1S/C23H27N3O7/c1-12-16(18(27)31-6)23(14-10-8-9-11-15(14)24-20(23)29)17(19(28)32-7)13(2)26(12)25-21(30)33-22(3,4)5/h8-11H,1-7H3,(H,24,29)(H,25,30). The molecule has 0 saturated heterocycles. The summed E-state index contributed by atoms with van der Waals surface area (Å²) >= 11 is 0. The fourth-order valence-electron chi connectivity index (χ4n) is 4.26. The lowest BCUT2D eigenvalue weighted by atomic mass is 9.66. The molecule has 2 aliphatic heterocycles. The highest BCUT2D eigenvalue weighted by Crippen LogP contribution is 2.53. The molecule has 2 N–H and O–H groups in total.